The second-order valence-corrected chi connectivity index (χ2v) is 13.6. The van der Waals surface area contributed by atoms with E-state index in [-0.39, 0.29) is 23.9 Å². The van der Waals surface area contributed by atoms with Crippen molar-refractivity contribution in [1.29, 1.82) is 0 Å². The molecule has 6 rings (SSSR count). The maximum Gasteiger partial charge on any atom is 0.326 e. The normalized spacial score (nSPS) is 36.1. The van der Waals surface area contributed by atoms with E-state index in [9.17, 15) is 19.8 Å². The lowest BCUT2D eigenvalue weighted by atomic mass is 9.46. The zero-order chi connectivity index (χ0) is 29.0. The molecule has 0 aliphatic heterocycles. The molecule has 3 fully saturated rings. The highest BCUT2D eigenvalue weighted by Gasteiger charge is 2.62. The number of carbonyl (C=O) groups excluding carboxylic acids is 1. The number of benzene rings is 1. The minimum absolute atomic E-state index is 0.0243. The Morgan fingerprint density at radius 2 is 1.88 bits per heavy atom. The van der Waals surface area contributed by atoms with Crippen LogP contribution in [0.25, 0.3) is 10.9 Å². The molecule has 7 atom stereocenters. The van der Waals surface area contributed by atoms with Crippen LogP contribution in [0.3, 0.4) is 0 Å². The van der Waals surface area contributed by atoms with Crippen molar-refractivity contribution in [3.05, 3.63) is 47.7 Å². The van der Waals surface area contributed by atoms with Gasteiger partial charge in [-0.25, -0.2) is 4.79 Å². The quantitative estimate of drug-likeness (QED) is 0.339. The number of aromatic amines is 1. The molecule has 4 N–H and O–H groups in total. The Hall–Kier alpha value is -3.13. The van der Waals surface area contributed by atoms with Crippen molar-refractivity contribution in [2.75, 3.05) is 6.61 Å². The van der Waals surface area contributed by atoms with Gasteiger partial charge in [-0.05, 0) is 105 Å². The van der Waals surface area contributed by atoms with Crippen LogP contribution in [-0.4, -0.2) is 51.0 Å². The number of carboxylic acids is 1. The number of nitrogens with one attached hydrogen (secondary N) is 2. The van der Waals surface area contributed by atoms with Gasteiger partial charge in [-0.15, -0.1) is 0 Å². The Balaban J connectivity index is 1.07. The highest BCUT2D eigenvalue weighted by atomic mass is 16.6. The summed E-state index contributed by atoms with van der Waals surface area (Å²) in [6.07, 6.45) is 12.4. The number of aromatic nitrogens is 1. The first-order chi connectivity index (χ1) is 19.5. The van der Waals surface area contributed by atoms with E-state index in [0.717, 1.165) is 73.5 Å². The van der Waals surface area contributed by atoms with Crippen LogP contribution in [0.1, 0.15) is 77.7 Å². The molecule has 41 heavy (non-hydrogen) atoms. The average Bonchev–Trinajstić information content (AvgIpc) is 3.45. The third-order valence-electron chi connectivity index (χ3n) is 11.6. The molecule has 0 bridgehead atoms. The minimum Gasteiger partial charge on any atom is -0.480 e. The number of carbonyl (C=O) groups is 2. The van der Waals surface area contributed by atoms with Crippen molar-refractivity contribution >= 4 is 28.5 Å². The molecule has 220 valence electrons. The van der Waals surface area contributed by atoms with Crippen molar-refractivity contribution < 1.29 is 24.6 Å². The van der Waals surface area contributed by atoms with E-state index in [1.807, 2.05) is 24.3 Å². The zero-order valence-corrected chi connectivity index (χ0v) is 24.4. The molecule has 3 saturated carbocycles. The fourth-order valence-corrected chi connectivity index (χ4v) is 9.02. The van der Waals surface area contributed by atoms with Gasteiger partial charge in [-0.1, -0.05) is 42.8 Å². The Bertz CT molecular complexity index is 1410. The Labute approximate surface area is 241 Å². The highest BCUT2D eigenvalue weighted by molar-refractivity contribution is 5.96. The van der Waals surface area contributed by atoms with E-state index in [2.05, 4.69) is 42.3 Å². The van der Waals surface area contributed by atoms with Crippen molar-refractivity contribution in [2.45, 2.75) is 90.2 Å². The number of hydrogen-bond donors (Lipinski definition) is 4. The average molecular weight is 562 g/mol. The number of nitrogens with zero attached hydrogens (tertiary/aromatic N) is 1. The van der Waals surface area contributed by atoms with Crippen LogP contribution in [0.15, 0.2) is 47.3 Å². The van der Waals surface area contributed by atoms with Gasteiger partial charge >= 0.3 is 5.97 Å². The summed E-state index contributed by atoms with van der Waals surface area (Å²) in [5, 5.41) is 28.7. The number of allylic oxidation sites excluding steroid dienone is 2. The Kier molecular flexibility index (Phi) is 7.04. The van der Waals surface area contributed by atoms with Crippen LogP contribution in [-0.2, 0) is 20.8 Å². The standard InChI is InChI=1S/C33H43N3O5/c1-31-13-10-22(17-21(31)8-9-24-25(31)11-14-32(2)26(24)12-15-33(32,3)40)36-41-19-29(37)35-28(30(38)39)16-20-18-34-27-7-5-4-6-23(20)27/h4-7,17-18,24-26,28,34,40H,8-16,19H2,1-3H3,(H,35,37)(H,38,39). The molecule has 1 aromatic carbocycles. The highest BCUT2D eigenvalue weighted by Crippen LogP contribution is 2.67. The van der Waals surface area contributed by atoms with E-state index in [0.29, 0.717) is 17.8 Å². The van der Waals surface area contributed by atoms with Gasteiger partial charge in [0.05, 0.1) is 11.3 Å². The molecule has 0 radical (unpaired) electrons. The Morgan fingerprint density at radius 1 is 1.10 bits per heavy atom. The van der Waals surface area contributed by atoms with Crippen LogP contribution in [0.5, 0.6) is 0 Å². The molecule has 8 nitrogen and oxygen atoms in total. The third kappa shape index (κ3) is 4.78. The molecule has 4 aliphatic rings. The van der Waals surface area contributed by atoms with Crippen LogP contribution >= 0.6 is 0 Å². The van der Waals surface area contributed by atoms with E-state index >= 15 is 0 Å². The summed E-state index contributed by atoms with van der Waals surface area (Å²) in [6, 6.07) is 6.62. The lowest BCUT2D eigenvalue weighted by molar-refractivity contribution is -0.142. The van der Waals surface area contributed by atoms with Crippen molar-refractivity contribution in [3.63, 3.8) is 0 Å². The lowest BCUT2D eigenvalue weighted by Crippen LogP contribution is -2.53. The number of hydrogen-bond acceptors (Lipinski definition) is 5. The summed E-state index contributed by atoms with van der Waals surface area (Å²) in [6.45, 7) is 6.48. The zero-order valence-electron chi connectivity index (χ0n) is 24.4. The summed E-state index contributed by atoms with van der Waals surface area (Å²) in [5.41, 5.74) is 3.66. The van der Waals surface area contributed by atoms with Gasteiger partial charge in [0, 0.05) is 23.5 Å². The fourth-order valence-electron chi connectivity index (χ4n) is 9.02. The number of aliphatic carboxylic acids is 1. The number of carboxylic acid groups (broad SMARTS) is 1. The lowest BCUT2D eigenvalue weighted by Gasteiger charge is -2.59. The number of H-pyrrole nitrogens is 1. The predicted octanol–water partition coefficient (Wildman–Crippen LogP) is 5.37. The van der Waals surface area contributed by atoms with E-state index in [4.69, 9.17) is 4.84 Å². The topological polar surface area (TPSA) is 124 Å². The van der Waals surface area contributed by atoms with Crippen LogP contribution < -0.4 is 5.32 Å². The molecule has 7 unspecified atom stereocenters. The summed E-state index contributed by atoms with van der Waals surface area (Å²) in [5.74, 6) is 0.291. The number of rotatable bonds is 7. The summed E-state index contributed by atoms with van der Waals surface area (Å²) < 4.78 is 0. The molecule has 4 aliphatic carbocycles. The van der Waals surface area contributed by atoms with Crippen molar-refractivity contribution in [3.8, 4) is 0 Å². The SMILES string of the molecule is CC12CCC(=NOCC(=O)NC(Cc3c[nH]c4ccccc34)C(=O)O)C=C1CCC1C2CCC2(C)C1CCC2(C)O. The predicted molar refractivity (Wildman–Crippen MR) is 157 cm³/mol. The molecule has 1 aromatic heterocycles. The van der Waals surface area contributed by atoms with E-state index < -0.39 is 23.5 Å². The fraction of sp³-hybridized carbons (Fsp3) is 0.606. The van der Waals surface area contributed by atoms with E-state index in [1.54, 1.807) is 6.20 Å². The van der Waals surface area contributed by atoms with Crippen LogP contribution in [0.4, 0.5) is 0 Å². The minimum atomic E-state index is -1.09. The molecule has 0 spiro atoms. The molecular weight excluding hydrogens is 518 g/mol. The van der Waals surface area contributed by atoms with Crippen molar-refractivity contribution in [1.82, 2.24) is 10.3 Å². The van der Waals surface area contributed by atoms with Gasteiger partial charge in [0.2, 0.25) is 0 Å². The smallest absolute Gasteiger partial charge is 0.326 e. The molecular formula is C33H43N3O5. The first kappa shape index (κ1) is 28.0. The van der Waals surface area contributed by atoms with Gasteiger partial charge in [0.1, 0.15) is 6.04 Å². The van der Waals surface area contributed by atoms with Crippen LogP contribution in [0, 0.1) is 28.6 Å². The summed E-state index contributed by atoms with van der Waals surface area (Å²) in [4.78, 5) is 33.0. The monoisotopic (exact) mass is 561 g/mol. The second kappa shape index (κ2) is 10.3. The molecule has 1 heterocycles. The summed E-state index contributed by atoms with van der Waals surface area (Å²) >= 11 is 0. The van der Waals surface area contributed by atoms with Gasteiger partial charge in [-0.2, -0.15) is 0 Å². The van der Waals surface area contributed by atoms with E-state index in [1.165, 1.54) is 5.57 Å². The molecule has 1 amide bonds. The van der Waals surface area contributed by atoms with Crippen LogP contribution in [0.2, 0.25) is 0 Å². The Morgan fingerprint density at radius 3 is 2.68 bits per heavy atom. The van der Waals surface area contributed by atoms with Gasteiger partial charge < -0.3 is 25.4 Å². The first-order valence-electron chi connectivity index (χ1n) is 15.2. The maximum atomic E-state index is 12.6. The largest absolute Gasteiger partial charge is 0.480 e. The number of oxime groups is 1. The summed E-state index contributed by atoms with van der Waals surface area (Å²) in [7, 11) is 0. The number of fused-ring (bicyclic) bond motifs is 6. The second-order valence-electron chi connectivity index (χ2n) is 13.6. The number of aliphatic hydroxyl groups is 1. The van der Waals surface area contributed by atoms with Gasteiger partial charge in [-0.3, -0.25) is 4.79 Å². The number of para-hydroxylation sites is 1. The molecule has 2 aromatic rings. The molecule has 8 heteroatoms. The third-order valence-corrected chi connectivity index (χ3v) is 11.6. The van der Waals surface area contributed by atoms with Gasteiger partial charge in [0.25, 0.3) is 5.91 Å². The first-order valence-corrected chi connectivity index (χ1v) is 15.2. The maximum absolute atomic E-state index is 12.6. The van der Waals surface area contributed by atoms with Crippen molar-refractivity contribution in [2.24, 2.45) is 33.7 Å². The van der Waals surface area contributed by atoms with Gasteiger partial charge in [0.15, 0.2) is 6.61 Å². The number of amides is 1. The molecule has 0 saturated heterocycles.